The van der Waals surface area contributed by atoms with Gasteiger partial charge in [0.25, 0.3) is 0 Å². The molecule has 1 N–H and O–H groups in total. The van der Waals surface area contributed by atoms with Crippen molar-refractivity contribution in [2.75, 3.05) is 24.6 Å². The van der Waals surface area contributed by atoms with Gasteiger partial charge in [0, 0.05) is 31.3 Å². The van der Waals surface area contributed by atoms with E-state index in [4.69, 9.17) is 0 Å². The van der Waals surface area contributed by atoms with Crippen LogP contribution in [0.2, 0.25) is 0 Å². The van der Waals surface area contributed by atoms with Crippen LogP contribution >= 0.6 is 0 Å². The predicted molar refractivity (Wildman–Crippen MR) is 56.6 cm³/mol. The van der Waals surface area contributed by atoms with Crippen LogP contribution in [-0.2, 0) is 0 Å². The Morgan fingerprint density at radius 2 is 2.21 bits per heavy atom. The molecule has 1 fully saturated rings. The highest BCUT2D eigenvalue weighted by atomic mass is 16.3. The summed E-state index contributed by atoms with van der Waals surface area (Å²) in [4.78, 5) is 2.41. The maximum absolute atomic E-state index is 9.31. The molecule has 0 amide bonds. The zero-order valence-electron chi connectivity index (χ0n) is 8.19. The van der Waals surface area contributed by atoms with Crippen LogP contribution in [-0.4, -0.2) is 24.8 Å². The van der Waals surface area contributed by atoms with Gasteiger partial charge < -0.3 is 10.0 Å². The fourth-order valence-electron chi connectivity index (χ4n) is 2.93. The van der Waals surface area contributed by atoms with Crippen molar-refractivity contribution in [2.24, 2.45) is 5.92 Å². The summed E-state index contributed by atoms with van der Waals surface area (Å²) in [6, 6.07) is 8.63. The number of para-hydroxylation sites is 1. The fourth-order valence-corrected chi connectivity index (χ4v) is 2.93. The van der Waals surface area contributed by atoms with E-state index >= 15 is 0 Å². The lowest BCUT2D eigenvalue weighted by Crippen LogP contribution is -2.46. The Balaban J connectivity index is 2.08. The molecule has 4 rings (SSSR count). The topological polar surface area (TPSA) is 23.5 Å². The number of benzene rings is 1. The molecule has 1 aromatic carbocycles. The van der Waals surface area contributed by atoms with Crippen LogP contribution in [0.25, 0.3) is 0 Å². The summed E-state index contributed by atoms with van der Waals surface area (Å²) in [5, 5.41) is 9.31. The third kappa shape index (κ3) is 1.01. The maximum atomic E-state index is 9.31. The molecule has 0 aliphatic carbocycles. The second kappa shape index (κ2) is 2.99. The molecule has 2 nitrogen and oxygen atoms in total. The minimum absolute atomic E-state index is 0.329. The molecule has 2 heteroatoms. The van der Waals surface area contributed by atoms with E-state index in [1.165, 1.54) is 17.7 Å². The average Bonchev–Trinajstić information content (AvgIpc) is 2.30. The van der Waals surface area contributed by atoms with Crippen molar-refractivity contribution >= 4 is 5.69 Å². The van der Waals surface area contributed by atoms with E-state index < -0.39 is 0 Å². The SMILES string of the molecule is OCC1CN2CCC1c1ccccc12. The summed E-state index contributed by atoms with van der Waals surface area (Å²) in [7, 11) is 0. The van der Waals surface area contributed by atoms with Crippen molar-refractivity contribution in [3.05, 3.63) is 29.8 Å². The molecule has 0 radical (unpaired) electrons. The normalized spacial score (nSPS) is 29.1. The summed E-state index contributed by atoms with van der Waals surface area (Å²) in [6.45, 7) is 2.53. The number of anilines is 1. The molecule has 2 bridgehead atoms. The van der Waals surface area contributed by atoms with Gasteiger partial charge in [0.15, 0.2) is 0 Å². The Hall–Kier alpha value is -1.02. The Morgan fingerprint density at radius 3 is 3.07 bits per heavy atom. The number of aliphatic hydroxyl groups excluding tert-OH is 1. The molecule has 0 saturated carbocycles. The molecule has 3 aliphatic rings. The molecule has 2 unspecified atom stereocenters. The molecule has 1 saturated heterocycles. The van der Waals surface area contributed by atoms with E-state index in [1.807, 2.05) is 0 Å². The molecule has 0 aromatic heterocycles. The first-order valence-electron chi connectivity index (χ1n) is 5.35. The molecule has 1 aromatic rings. The highest BCUT2D eigenvalue weighted by Gasteiger charge is 2.37. The van der Waals surface area contributed by atoms with Crippen molar-refractivity contribution in [2.45, 2.75) is 12.3 Å². The van der Waals surface area contributed by atoms with Crippen LogP contribution in [0, 0.1) is 5.92 Å². The zero-order valence-corrected chi connectivity index (χ0v) is 8.19. The van der Waals surface area contributed by atoms with Gasteiger partial charge in [0.05, 0.1) is 0 Å². The Bertz CT molecular complexity index is 350. The maximum Gasteiger partial charge on any atom is 0.0482 e. The number of piperidine rings is 1. The van der Waals surface area contributed by atoms with Crippen LogP contribution in [0.3, 0.4) is 0 Å². The first kappa shape index (κ1) is 8.30. The molecule has 2 atom stereocenters. The van der Waals surface area contributed by atoms with Gasteiger partial charge in [-0.3, -0.25) is 0 Å². The number of aliphatic hydroxyl groups is 1. The molecular weight excluding hydrogens is 174 g/mol. The fraction of sp³-hybridized carbons (Fsp3) is 0.500. The smallest absolute Gasteiger partial charge is 0.0482 e. The van der Waals surface area contributed by atoms with Gasteiger partial charge in [-0.25, -0.2) is 0 Å². The Morgan fingerprint density at radius 1 is 1.36 bits per heavy atom. The van der Waals surface area contributed by atoms with Gasteiger partial charge in [-0.15, -0.1) is 0 Å². The van der Waals surface area contributed by atoms with Gasteiger partial charge in [-0.05, 0) is 24.0 Å². The highest BCUT2D eigenvalue weighted by molar-refractivity contribution is 5.59. The summed E-state index contributed by atoms with van der Waals surface area (Å²) >= 11 is 0. The van der Waals surface area contributed by atoms with Crippen LogP contribution in [0.5, 0.6) is 0 Å². The zero-order chi connectivity index (χ0) is 9.54. The van der Waals surface area contributed by atoms with Crippen molar-refractivity contribution < 1.29 is 5.11 Å². The Labute approximate surface area is 84.2 Å². The third-order valence-corrected chi connectivity index (χ3v) is 3.65. The van der Waals surface area contributed by atoms with E-state index in [9.17, 15) is 5.11 Å². The van der Waals surface area contributed by atoms with Crippen molar-refractivity contribution in [1.29, 1.82) is 0 Å². The molecule has 74 valence electrons. The lowest BCUT2D eigenvalue weighted by molar-refractivity contribution is 0.183. The predicted octanol–water partition coefficient (Wildman–Crippen LogP) is 1.60. The molecule has 0 spiro atoms. The lowest BCUT2D eigenvalue weighted by Gasteiger charge is -2.46. The number of rotatable bonds is 1. The second-order valence-electron chi connectivity index (χ2n) is 4.34. The minimum Gasteiger partial charge on any atom is -0.396 e. The molecule has 3 heterocycles. The number of hydrogen-bond acceptors (Lipinski definition) is 2. The summed E-state index contributed by atoms with van der Waals surface area (Å²) in [6.07, 6.45) is 1.21. The first-order chi connectivity index (χ1) is 6.90. The van der Waals surface area contributed by atoms with Gasteiger partial charge in [0.1, 0.15) is 0 Å². The quantitative estimate of drug-likeness (QED) is 0.725. The van der Waals surface area contributed by atoms with E-state index in [0.717, 1.165) is 13.1 Å². The summed E-state index contributed by atoms with van der Waals surface area (Å²) in [5.41, 5.74) is 2.84. The second-order valence-corrected chi connectivity index (χ2v) is 4.34. The van der Waals surface area contributed by atoms with Crippen molar-refractivity contribution in [1.82, 2.24) is 0 Å². The highest BCUT2D eigenvalue weighted by Crippen LogP contribution is 2.44. The van der Waals surface area contributed by atoms with Crippen LogP contribution in [0.15, 0.2) is 24.3 Å². The van der Waals surface area contributed by atoms with Crippen LogP contribution < -0.4 is 4.90 Å². The van der Waals surface area contributed by atoms with Crippen LogP contribution in [0.1, 0.15) is 17.9 Å². The minimum atomic E-state index is 0.329. The lowest BCUT2D eigenvalue weighted by atomic mass is 9.76. The molecule has 14 heavy (non-hydrogen) atoms. The monoisotopic (exact) mass is 189 g/mol. The summed E-state index contributed by atoms with van der Waals surface area (Å²) in [5.74, 6) is 1.06. The van der Waals surface area contributed by atoms with E-state index in [1.54, 1.807) is 0 Å². The molecular formula is C12H15NO. The van der Waals surface area contributed by atoms with Gasteiger partial charge in [0.2, 0.25) is 0 Å². The number of nitrogens with zero attached hydrogens (tertiary/aromatic N) is 1. The first-order valence-corrected chi connectivity index (χ1v) is 5.35. The standard InChI is InChI=1S/C12H15NO/c14-8-9-7-13-6-5-10(9)11-3-1-2-4-12(11)13/h1-4,9-10,14H,5-8H2. The van der Waals surface area contributed by atoms with Crippen molar-refractivity contribution in [3.63, 3.8) is 0 Å². The number of fused-ring (bicyclic) bond motifs is 2. The largest absolute Gasteiger partial charge is 0.396 e. The van der Waals surface area contributed by atoms with Gasteiger partial charge in [-0.2, -0.15) is 0 Å². The van der Waals surface area contributed by atoms with Gasteiger partial charge in [-0.1, -0.05) is 18.2 Å². The number of hydrogen-bond donors (Lipinski definition) is 1. The van der Waals surface area contributed by atoms with Crippen LogP contribution in [0.4, 0.5) is 5.69 Å². The van der Waals surface area contributed by atoms with E-state index in [-0.39, 0.29) is 0 Å². The average molecular weight is 189 g/mol. The van der Waals surface area contributed by atoms with Crippen molar-refractivity contribution in [3.8, 4) is 0 Å². The van der Waals surface area contributed by atoms with E-state index in [2.05, 4.69) is 29.2 Å². The Kier molecular flexibility index (Phi) is 1.77. The third-order valence-electron chi connectivity index (χ3n) is 3.65. The van der Waals surface area contributed by atoms with Gasteiger partial charge >= 0.3 is 0 Å². The molecule has 3 aliphatic heterocycles. The van der Waals surface area contributed by atoms with E-state index in [0.29, 0.717) is 18.4 Å². The summed E-state index contributed by atoms with van der Waals surface area (Å²) < 4.78 is 0.